The van der Waals surface area contributed by atoms with Crippen molar-refractivity contribution in [1.82, 2.24) is 14.7 Å². The Morgan fingerprint density at radius 3 is 2.74 bits per heavy atom. The molecule has 2 unspecified atom stereocenters. The Bertz CT molecular complexity index is 466. The zero-order chi connectivity index (χ0) is 14.2. The van der Waals surface area contributed by atoms with Crippen LogP contribution in [0.15, 0.2) is 6.07 Å². The minimum atomic E-state index is 0.0333. The van der Waals surface area contributed by atoms with Crippen molar-refractivity contribution in [1.29, 1.82) is 0 Å². The van der Waals surface area contributed by atoms with Crippen LogP contribution in [0, 0.1) is 5.92 Å². The van der Waals surface area contributed by atoms with Crippen molar-refractivity contribution in [3.63, 3.8) is 0 Å². The Hall–Kier alpha value is -1.36. The molecule has 1 aromatic rings. The number of likely N-dealkylation sites (tertiary alicyclic amines) is 1. The second-order valence-corrected chi connectivity index (χ2v) is 5.88. The Kier molecular flexibility index (Phi) is 3.94. The highest BCUT2D eigenvalue weighted by Crippen LogP contribution is 2.24. The first-order valence-electron chi connectivity index (χ1n) is 6.99. The molecule has 0 saturated carbocycles. The number of aromatic nitrogens is 2. The summed E-state index contributed by atoms with van der Waals surface area (Å²) in [4.78, 5) is 14.4. The van der Waals surface area contributed by atoms with Crippen LogP contribution in [0.4, 0.5) is 0 Å². The molecular weight excluding hydrogens is 240 g/mol. The van der Waals surface area contributed by atoms with Crippen LogP contribution in [-0.2, 0) is 7.05 Å². The lowest BCUT2D eigenvalue weighted by atomic mass is 10.1. The van der Waals surface area contributed by atoms with Gasteiger partial charge in [0.15, 0.2) is 5.69 Å². The van der Waals surface area contributed by atoms with Crippen molar-refractivity contribution >= 4 is 5.91 Å². The van der Waals surface area contributed by atoms with E-state index in [0.717, 1.165) is 18.7 Å². The second kappa shape index (κ2) is 5.33. The lowest BCUT2D eigenvalue weighted by Gasteiger charge is -2.20. The first-order chi connectivity index (χ1) is 8.93. The van der Waals surface area contributed by atoms with Crippen LogP contribution in [0.1, 0.15) is 49.3 Å². The van der Waals surface area contributed by atoms with E-state index >= 15 is 0 Å². The van der Waals surface area contributed by atoms with E-state index < -0.39 is 0 Å². The zero-order valence-electron chi connectivity index (χ0n) is 12.3. The van der Waals surface area contributed by atoms with Gasteiger partial charge >= 0.3 is 0 Å². The fourth-order valence-corrected chi connectivity index (χ4v) is 2.87. The van der Waals surface area contributed by atoms with E-state index in [1.54, 1.807) is 4.68 Å². The molecule has 0 aliphatic carbocycles. The largest absolute Gasteiger partial charge is 0.334 e. The Morgan fingerprint density at radius 2 is 2.26 bits per heavy atom. The molecular formula is C14H24N4O. The number of nitrogens with two attached hydrogens (primary N) is 1. The average molecular weight is 264 g/mol. The summed E-state index contributed by atoms with van der Waals surface area (Å²) in [6.45, 7) is 7.69. The van der Waals surface area contributed by atoms with E-state index in [4.69, 9.17) is 5.73 Å². The van der Waals surface area contributed by atoms with Gasteiger partial charge in [-0.2, -0.15) is 5.10 Å². The molecule has 1 fully saturated rings. The number of rotatable bonds is 3. The van der Waals surface area contributed by atoms with Gasteiger partial charge in [-0.3, -0.25) is 9.48 Å². The van der Waals surface area contributed by atoms with E-state index in [1.807, 2.05) is 18.0 Å². The molecule has 5 nitrogen and oxygen atoms in total. The maximum absolute atomic E-state index is 12.5. The first-order valence-corrected chi connectivity index (χ1v) is 6.99. The smallest absolute Gasteiger partial charge is 0.274 e. The first kappa shape index (κ1) is 14.1. The number of hydrogen-bond donors (Lipinski definition) is 1. The molecule has 19 heavy (non-hydrogen) atoms. The predicted octanol–water partition coefficient (Wildman–Crippen LogP) is 1.35. The van der Waals surface area contributed by atoms with Crippen LogP contribution < -0.4 is 5.73 Å². The van der Waals surface area contributed by atoms with Crippen LogP contribution in [-0.4, -0.2) is 39.7 Å². The third-order valence-electron chi connectivity index (χ3n) is 3.98. The molecule has 2 N–H and O–H groups in total. The number of carbonyl (C=O) groups is 1. The molecule has 5 heteroatoms. The van der Waals surface area contributed by atoms with Gasteiger partial charge in [0.05, 0.1) is 0 Å². The van der Waals surface area contributed by atoms with Gasteiger partial charge in [-0.1, -0.05) is 13.8 Å². The average Bonchev–Trinajstić information content (AvgIpc) is 2.91. The van der Waals surface area contributed by atoms with Crippen molar-refractivity contribution < 1.29 is 4.79 Å². The van der Waals surface area contributed by atoms with E-state index in [0.29, 0.717) is 24.1 Å². The fraction of sp³-hybridized carbons (Fsp3) is 0.714. The Labute approximate surface area is 114 Å². The summed E-state index contributed by atoms with van der Waals surface area (Å²) in [7, 11) is 1.89. The standard InChI is InChI=1S/C14H24N4O/c1-9(2)13-6-12(16-17(13)4)14(19)18-8-11(7-15)5-10(18)3/h6,9-11H,5,7-8,15H2,1-4H3. The van der Waals surface area contributed by atoms with Crippen molar-refractivity contribution in [3.8, 4) is 0 Å². The van der Waals surface area contributed by atoms with Gasteiger partial charge in [-0.25, -0.2) is 0 Å². The predicted molar refractivity (Wildman–Crippen MR) is 75.0 cm³/mol. The van der Waals surface area contributed by atoms with E-state index in [9.17, 15) is 4.79 Å². The molecule has 2 heterocycles. The summed E-state index contributed by atoms with van der Waals surface area (Å²) in [5.41, 5.74) is 7.35. The van der Waals surface area contributed by atoms with Crippen molar-refractivity contribution in [3.05, 3.63) is 17.5 Å². The van der Waals surface area contributed by atoms with Crippen molar-refractivity contribution in [2.24, 2.45) is 18.7 Å². The maximum atomic E-state index is 12.5. The minimum Gasteiger partial charge on any atom is -0.334 e. The summed E-state index contributed by atoms with van der Waals surface area (Å²) < 4.78 is 1.80. The minimum absolute atomic E-state index is 0.0333. The van der Waals surface area contributed by atoms with Crippen LogP contribution >= 0.6 is 0 Å². The summed E-state index contributed by atoms with van der Waals surface area (Å²) >= 11 is 0. The van der Waals surface area contributed by atoms with Crippen LogP contribution in [0.3, 0.4) is 0 Å². The molecule has 1 aliphatic heterocycles. The molecule has 1 aliphatic rings. The molecule has 0 aromatic carbocycles. The van der Waals surface area contributed by atoms with Crippen LogP contribution in [0.2, 0.25) is 0 Å². The van der Waals surface area contributed by atoms with Crippen LogP contribution in [0.5, 0.6) is 0 Å². The van der Waals surface area contributed by atoms with Gasteiger partial charge in [-0.05, 0) is 37.8 Å². The molecule has 0 radical (unpaired) electrons. The van der Waals surface area contributed by atoms with E-state index in [1.165, 1.54) is 0 Å². The van der Waals surface area contributed by atoms with E-state index in [2.05, 4.69) is 25.9 Å². The number of aryl methyl sites for hydroxylation is 1. The second-order valence-electron chi connectivity index (χ2n) is 5.88. The Morgan fingerprint density at radius 1 is 1.58 bits per heavy atom. The lowest BCUT2D eigenvalue weighted by Crippen LogP contribution is -2.34. The summed E-state index contributed by atoms with van der Waals surface area (Å²) in [5, 5.41) is 4.36. The number of hydrogen-bond acceptors (Lipinski definition) is 3. The molecule has 0 bridgehead atoms. The lowest BCUT2D eigenvalue weighted by molar-refractivity contribution is 0.0736. The third-order valence-corrected chi connectivity index (χ3v) is 3.98. The highest BCUT2D eigenvalue weighted by atomic mass is 16.2. The van der Waals surface area contributed by atoms with Gasteiger partial charge < -0.3 is 10.6 Å². The van der Waals surface area contributed by atoms with Gasteiger partial charge in [0.1, 0.15) is 0 Å². The zero-order valence-corrected chi connectivity index (χ0v) is 12.3. The molecule has 0 spiro atoms. The number of nitrogens with zero attached hydrogens (tertiary/aromatic N) is 3. The highest BCUT2D eigenvalue weighted by molar-refractivity contribution is 5.92. The molecule has 1 saturated heterocycles. The van der Waals surface area contributed by atoms with Gasteiger partial charge in [0, 0.05) is 25.3 Å². The maximum Gasteiger partial charge on any atom is 0.274 e. The quantitative estimate of drug-likeness (QED) is 0.896. The monoisotopic (exact) mass is 264 g/mol. The SMILES string of the molecule is CC(C)c1cc(C(=O)N2CC(CN)CC2C)nn1C. The fourth-order valence-electron chi connectivity index (χ4n) is 2.87. The molecule has 106 valence electrons. The van der Waals surface area contributed by atoms with Gasteiger partial charge in [0.2, 0.25) is 0 Å². The number of amides is 1. The summed E-state index contributed by atoms with van der Waals surface area (Å²) in [5.74, 6) is 0.824. The molecule has 1 aromatic heterocycles. The topological polar surface area (TPSA) is 64.2 Å². The van der Waals surface area contributed by atoms with Crippen LogP contribution in [0.25, 0.3) is 0 Å². The summed E-state index contributed by atoms with van der Waals surface area (Å²) in [6.07, 6.45) is 0.992. The molecule has 2 rings (SSSR count). The van der Waals surface area contributed by atoms with Crippen molar-refractivity contribution in [2.45, 2.75) is 39.2 Å². The molecule has 2 atom stereocenters. The van der Waals surface area contributed by atoms with E-state index in [-0.39, 0.29) is 11.9 Å². The normalized spacial score (nSPS) is 23.4. The highest BCUT2D eigenvalue weighted by Gasteiger charge is 2.33. The van der Waals surface area contributed by atoms with Crippen molar-refractivity contribution in [2.75, 3.05) is 13.1 Å². The summed E-state index contributed by atoms with van der Waals surface area (Å²) in [6, 6.07) is 2.17. The third kappa shape index (κ3) is 2.66. The Balaban J connectivity index is 2.18. The number of carbonyl (C=O) groups excluding carboxylic acids is 1. The van der Waals surface area contributed by atoms with Gasteiger partial charge in [-0.15, -0.1) is 0 Å². The van der Waals surface area contributed by atoms with Gasteiger partial charge in [0.25, 0.3) is 5.91 Å². The molecule has 1 amide bonds.